The largest absolute Gasteiger partial charge is 0.497 e. The van der Waals surface area contributed by atoms with Gasteiger partial charge in [-0.15, -0.1) is 0 Å². The molecule has 1 rings (SSSR count). The van der Waals surface area contributed by atoms with Crippen molar-refractivity contribution in [1.29, 1.82) is 0 Å². The van der Waals surface area contributed by atoms with Crippen molar-refractivity contribution in [3.05, 3.63) is 28.2 Å². The highest BCUT2D eigenvalue weighted by Crippen LogP contribution is 2.22. The summed E-state index contributed by atoms with van der Waals surface area (Å²) in [4.78, 5) is 23.2. The number of amides is 1. The van der Waals surface area contributed by atoms with E-state index in [1.54, 1.807) is 12.1 Å². The third-order valence-corrected chi connectivity index (χ3v) is 3.32. The molecule has 0 aromatic heterocycles. The number of hydrogen-bond donors (Lipinski definition) is 2. The molecule has 1 aromatic rings. The van der Waals surface area contributed by atoms with Crippen LogP contribution in [0.2, 0.25) is 0 Å². The average Bonchev–Trinajstić information content (AvgIpc) is 2.43. The van der Waals surface area contributed by atoms with Crippen LogP contribution in [-0.2, 0) is 9.53 Å². The zero-order valence-electron chi connectivity index (χ0n) is 11.2. The lowest BCUT2D eigenvalue weighted by molar-refractivity contribution is -0.139. The number of rotatable bonds is 7. The molecule has 0 radical (unpaired) electrons. The van der Waals surface area contributed by atoms with Crippen molar-refractivity contribution < 1.29 is 24.2 Å². The molecule has 0 aliphatic heterocycles. The Morgan fingerprint density at radius 1 is 1.40 bits per heavy atom. The first-order chi connectivity index (χ1) is 9.49. The van der Waals surface area contributed by atoms with E-state index in [0.717, 1.165) is 0 Å². The number of nitrogens with one attached hydrogen (secondary N) is 1. The Hall–Kier alpha value is -1.60. The van der Waals surface area contributed by atoms with Crippen LogP contribution in [0.4, 0.5) is 0 Å². The first kappa shape index (κ1) is 16.5. The third-order valence-electron chi connectivity index (χ3n) is 2.63. The summed E-state index contributed by atoms with van der Waals surface area (Å²) in [5.41, 5.74) is 0.313. The van der Waals surface area contributed by atoms with Gasteiger partial charge in [-0.25, -0.2) is 4.79 Å². The number of carbonyl (C=O) groups excluding carboxylic acids is 1. The van der Waals surface area contributed by atoms with Gasteiger partial charge in [-0.3, -0.25) is 4.79 Å². The maximum Gasteiger partial charge on any atom is 0.326 e. The van der Waals surface area contributed by atoms with Gasteiger partial charge in [-0.2, -0.15) is 0 Å². The highest BCUT2D eigenvalue weighted by atomic mass is 79.9. The van der Waals surface area contributed by atoms with Crippen molar-refractivity contribution in [2.45, 2.75) is 12.5 Å². The molecule has 0 aliphatic rings. The van der Waals surface area contributed by atoms with Gasteiger partial charge < -0.3 is 19.9 Å². The molecule has 0 aliphatic carbocycles. The van der Waals surface area contributed by atoms with Crippen molar-refractivity contribution in [2.75, 3.05) is 20.8 Å². The molecule has 0 spiro atoms. The molecule has 1 aromatic carbocycles. The monoisotopic (exact) mass is 345 g/mol. The molecule has 20 heavy (non-hydrogen) atoms. The Balaban J connectivity index is 2.85. The first-order valence-corrected chi connectivity index (χ1v) is 6.65. The van der Waals surface area contributed by atoms with Crippen molar-refractivity contribution >= 4 is 27.8 Å². The fraction of sp³-hybridized carbons (Fsp3) is 0.385. The lowest BCUT2D eigenvalue weighted by Crippen LogP contribution is -2.41. The highest BCUT2D eigenvalue weighted by molar-refractivity contribution is 9.10. The molecule has 2 N–H and O–H groups in total. The summed E-state index contributed by atoms with van der Waals surface area (Å²) >= 11 is 3.25. The summed E-state index contributed by atoms with van der Waals surface area (Å²) < 4.78 is 10.4. The number of methoxy groups -OCH3 is 2. The Labute approximate surface area is 125 Å². The predicted molar refractivity (Wildman–Crippen MR) is 76.1 cm³/mol. The molecule has 6 nitrogen and oxygen atoms in total. The van der Waals surface area contributed by atoms with Crippen molar-refractivity contribution in [1.82, 2.24) is 5.32 Å². The van der Waals surface area contributed by atoms with Gasteiger partial charge in [0.1, 0.15) is 11.8 Å². The van der Waals surface area contributed by atoms with Crippen molar-refractivity contribution in [3.8, 4) is 5.75 Å². The van der Waals surface area contributed by atoms with Crippen LogP contribution in [0.5, 0.6) is 5.75 Å². The summed E-state index contributed by atoms with van der Waals surface area (Å²) in [6.45, 7) is 0.247. The first-order valence-electron chi connectivity index (χ1n) is 5.85. The summed E-state index contributed by atoms with van der Waals surface area (Å²) in [6, 6.07) is 3.90. The minimum atomic E-state index is -1.10. The zero-order valence-corrected chi connectivity index (χ0v) is 12.8. The molecule has 0 fully saturated rings. The predicted octanol–water partition coefficient (Wildman–Crippen LogP) is 1.68. The normalized spacial score (nSPS) is 11.8. The van der Waals surface area contributed by atoms with Crippen LogP contribution in [0, 0.1) is 0 Å². The molecule has 0 bridgehead atoms. The molecule has 0 saturated carbocycles. The Kier molecular flexibility index (Phi) is 6.47. The van der Waals surface area contributed by atoms with E-state index in [9.17, 15) is 9.59 Å². The molecule has 110 valence electrons. The van der Waals surface area contributed by atoms with E-state index in [-0.39, 0.29) is 13.0 Å². The molecule has 1 amide bonds. The molecule has 1 unspecified atom stereocenters. The topological polar surface area (TPSA) is 84.9 Å². The minimum absolute atomic E-state index is 0.194. The third kappa shape index (κ3) is 4.50. The Morgan fingerprint density at radius 3 is 2.65 bits per heavy atom. The lowest BCUT2D eigenvalue weighted by Gasteiger charge is -2.15. The summed E-state index contributed by atoms with van der Waals surface area (Å²) in [7, 11) is 2.96. The van der Waals surface area contributed by atoms with Crippen LogP contribution in [0.25, 0.3) is 0 Å². The van der Waals surface area contributed by atoms with E-state index < -0.39 is 17.9 Å². The molecular formula is C13H16BrNO5. The number of benzene rings is 1. The summed E-state index contributed by atoms with van der Waals surface area (Å²) in [5, 5.41) is 11.5. The summed E-state index contributed by atoms with van der Waals surface area (Å²) in [6.07, 6.45) is 0.194. The number of ether oxygens (including phenoxy) is 2. The lowest BCUT2D eigenvalue weighted by atomic mass is 10.1. The van der Waals surface area contributed by atoms with Gasteiger partial charge in [0.25, 0.3) is 5.91 Å². The molecule has 7 heteroatoms. The molecular weight excluding hydrogens is 330 g/mol. The number of carboxylic acid groups (broad SMARTS) is 1. The molecule has 0 heterocycles. The number of carbonyl (C=O) groups is 2. The standard InChI is InChI=1S/C13H16BrNO5/c1-19-6-5-11(13(17)18)15-12(16)9-7-8(20-2)3-4-10(9)14/h3-4,7,11H,5-6H2,1-2H3,(H,15,16)(H,17,18). The van der Waals surface area contributed by atoms with Gasteiger partial charge in [0.15, 0.2) is 0 Å². The van der Waals surface area contributed by atoms with Gasteiger partial charge in [0, 0.05) is 24.6 Å². The SMILES string of the molecule is COCCC(NC(=O)c1cc(OC)ccc1Br)C(=O)O. The minimum Gasteiger partial charge on any atom is -0.497 e. The molecule has 1 atom stereocenters. The number of hydrogen-bond acceptors (Lipinski definition) is 4. The Morgan fingerprint density at radius 2 is 2.10 bits per heavy atom. The van der Waals surface area contributed by atoms with Gasteiger partial charge in [-0.05, 0) is 34.1 Å². The second-order valence-electron chi connectivity index (χ2n) is 3.99. The average molecular weight is 346 g/mol. The smallest absolute Gasteiger partial charge is 0.326 e. The number of carboxylic acids is 1. The fourth-order valence-electron chi connectivity index (χ4n) is 1.53. The van der Waals surface area contributed by atoms with E-state index in [2.05, 4.69) is 21.2 Å². The van der Waals surface area contributed by atoms with Crippen LogP contribution < -0.4 is 10.1 Å². The van der Waals surface area contributed by atoms with Crippen LogP contribution in [0.1, 0.15) is 16.8 Å². The quantitative estimate of drug-likeness (QED) is 0.785. The maximum absolute atomic E-state index is 12.1. The highest BCUT2D eigenvalue weighted by Gasteiger charge is 2.21. The van der Waals surface area contributed by atoms with E-state index in [0.29, 0.717) is 15.8 Å². The summed E-state index contributed by atoms with van der Waals surface area (Å²) in [5.74, 6) is -1.07. The van der Waals surface area contributed by atoms with Gasteiger partial charge in [0.2, 0.25) is 0 Å². The fourth-order valence-corrected chi connectivity index (χ4v) is 1.96. The van der Waals surface area contributed by atoms with Gasteiger partial charge in [0.05, 0.1) is 12.7 Å². The van der Waals surface area contributed by atoms with Gasteiger partial charge in [-0.1, -0.05) is 0 Å². The second kappa shape index (κ2) is 7.86. The molecule has 0 saturated heterocycles. The van der Waals surface area contributed by atoms with E-state index in [1.165, 1.54) is 20.3 Å². The van der Waals surface area contributed by atoms with Crippen molar-refractivity contribution in [3.63, 3.8) is 0 Å². The van der Waals surface area contributed by atoms with Crippen LogP contribution in [0.3, 0.4) is 0 Å². The number of halogens is 1. The van der Waals surface area contributed by atoms with E-state index >= 15 is 0 Å². The zero-order chi connectivity index (χ0) is 15.1. The maximum atomic E-state index is 12.1. The van der Waals surface area contributed by atoms with Crippen LogP contribution in [0.15, 0.2) is 22.7 Å². The van der Waals surface area contributed by atoms with Crippen LogP contribution >= 0.6 is 15.9 Å². The van der Waals surface area contributed by atoms with Crippen LogP contribution in [-0.4, -0.2) is 43.9 Å². The Bertz CT molecular complexity index is 492. The van der Waals surface area contributed by atoms with E-state index in [1.807, 2.05) is 0 Å². The van der Waals surface area contributed by atoms with Gasteiger partial charge >= 0.3 is 5.97 Å². The van der Waals surface area contributed by atoms with E-state index in [4.69, 9.17) is 14.6 Å². The number of aliphatic carboxylic acids is 1. The second-order valence-corrected chi connectivity index (χ2v) is 4.85. The van der Waals surface area contributed by atoms with Crippen molar-refractivity contribution in [2.24, 2.45) is 0 Å².